The van der Waals surface area contributed by atoms with Crippen LogP contribution in [0.1, 0.15) is 30.0 Å². The number of nitrogens with zero attached hydrogens (tertiary/aromatic N) is 2. The molecule has 1 N–H and O–H groups in total. The molecule has 1 aromatic heterocycles. The highest BCUT2D eigenvalue weighted by atomic mass is 35.5. The van der Waals surface area contributed by atoms with Gasteiger partial charge in [0.25, 0.3) is 5.91 Å². The summed E-state index contributed by atoms with van der Waals surface area (Å²) in [4.78, 5) is 18.4. The summed E-state index contributed by atoms with van der Waals surface area (Å²) >= 11 is 0. The van der Waals surface area contributed by atoms with Crippen LogP contribution in [-0.2, 0) is 0 Å². The molecule has 1 aliphatic rings. The van der Waals surface area contributed by atoms with E-state index in [4.69, 9.17) is 0 Å². The molecular formula is C13H20ClN3O. The Morgan fingerprint density at radius 1 is 1.33 bits per heavy atom. The zero-order valence-corrected chi connectivity index (χ0v) is 11.8. The van der Waals surface area contributed by atoms with E-state index in [9.17, 15) is 4.79 Å². The number of hydrogen-bond donors (Lipinski definition) is 1. The first-order valence-electron chi connectivity index (χ1n) is 6.05. The summed E-state index contributed by atoms with van der Waals surface area (Å²) in [6.07, 6.45) is 0. The van der Waals surface area contributed by atoms with E-state index < -0.39 is 0 Å². The summed E-state index contributed by atoms with van der Waals surface area (Å²) in [5.41, 5.74) is 1.43. The van der Waals surface area contributed by atoms with E-state index in [1.807, 2.05) is 24.0 Å². The zero-order valence-electron chi connectivity index (χ0n) is 11.0. The van der Waals surface area contributed by atoms with Crippen LogP contribution in [0.3, 0.4) is 0 Å². The molecule has 2 rings (SSSR count). The Bertz CT molecular complexity index is 414. The van der Waals surface area contributed by atoms with Gasteiger partial charge in [-0.2, -0.15) is 0 Å². The minimum Gasteiger partial charge on any atom is -0.334 e. The monoisotopic (exact) mass is 269 g/mol. The van der Waals surface area contributed by atoms with Gasteiger partial charge in [0.05, 0.1) is 0 Å². The summed E-state index contributed by atoms with van der Waals surface area (Å²) in [6, 6.07) is 6.25. The number of carbonyl (C=O) groups is 1. The molecule has 0 aromatic carbocycles. The largest absolute Gasteiger partial charge is 0.334 e. The van der Waals surface area contributed by atoms with Gasteiger partial charge in [0.15, 0.2) is 0 Å². The van der Waals surface area contributed by atoms with Crippen LogP contribution >= 0.6 is 12.4 Å². The topological polar surface area (TPSA) is 45.2 Å². The van der Waals surface area contributed by atoms with Gasteiger partial charge in [-0.1, -0.05) is 6.07 Å². The number of nitrogens with one attached hydrogen (secondary N) is 1. The number of aromatic nitrogens is 1. The van der Waals surface area contributed by atoms with Crippen molar-refractivity contribution in [3.05, 3.63) is 29.6 Å². The van der Waals surface area contributed by atoms with Gasteiger partial charge in [-0.15, -0.1) is 12.4 Å². The smallest absolute Gasteiger partial charge is 0.272 e. The van der Waals surface area contributed by atoms with Crippen LogP contribution < -0.4 is 5.32 Å². The second-order valence-corrected chi connectivity index (χ2v) is 4.84. The molecule has 0 saturated carbocycles. The molecule has 1 amide bonds. The van der Waals surface area contributed by atoms with Crippen LogP contribution in [0.15, 0.2) is 18.2 Å². The van der Waals surface area contributed by atoms with E-state index in [0.29, 0.717) is 17.8 Å². The molecule has 1 aromatic rings. The highest BCUT2D eigenvalue weighted by molar-refractivity contribution is 5.92. The third-order valence-electron chi connectivity index (χ3n) is 2.95. The molecule has 100 valence electrons. The van der Waals surface area contributed by atoms with Gasteiger partial charge in [0, 0.05) is 30.9 Å². The van der Waals surface area contributed by atoms with Crippen LogP contribution in [0.25, 0.3) is 0 Å². The van der Waals surface area contributed by atoms with E-state index >= 15 is 0 Å². The summed E-state index contributed by atoms with van der Waals surface area (Å²) in [5.74, 6) is 0.0360. The van der Waals surface area contributed by atoms with Crippen molar-refractivity contribution >= 4 is 18.3 Å². The number of aryl methyl sites for hydroxylation is 1. The molecule has 5 heteroatoms. The molecular weight excluding hydrogens is 250 g/mol. The van der Waals surface area contributed by atoms with Gasteiger partial charge in [-0.25, -0.2) is 4.98 Å². The highest BCUT2D eigenvalue weighted by Crippen LogP contribution is 2.09. The Balaban J connectivity index is 0.00000162. The molecule has 2 atom stereocenters. The van der Waals surface area contributed by atoms with E-state index in [1.54, 1.807) is 6.07 Å². The normalized spacial score (nSPS) is 23.4. The van der Waals surface area contributed by atoms with Crippen molar-refractivity contribution in [1.29, 1.82) is 0 Å². The van der Waals surface area contributed by atoms with Crippen molar-refractivity contribution in [3.8, 4) is 0 Å². The molecule has 0 spiro atoms. The van der Waals surface area contributed by atoms with Crippen LogP contribution in [0.5, 0.6) is 0 Å². The average molecular weight is 270 g/mol. The maximum absolute atomic E-state index is 12.3. The second-order valence-electron chi connectivity index (χ2n) is 4.84. The number of amides is 1. The number of halogens is 1. The molecule has 2 heterocycles. The number of hydrogen-bond acceptors (Lipinski definition) is 3. The van der Waals surface area contributed by atoms with Crippen molar-refractivity contribution < 1.29 is 4.79 Å². The van der Waals surface area contributed by atoms with Gasteiger partial charge in [-0.3, -0.25) is 4.79 Å². The van der Waals surface area contributed by atoms with Crippen LogP contribution in [-0.4, -0.2) is 41.0 Å². The first-order chi connectivity index (χ1) is 8.06. The van der Waals surface area contributed by atoms with Gasteiger partial charge >= 0.3 is 0 Å². The number of rotatable bonds is 1. The molecule has 0 aliphatic carbocycles. The van der Waals surface area contributed by atoms with Gasteiger partial charge < -0.3 is 10.2 Å². The van der Waals surface area contributed by atoms with Crippen molar-refractivity contribution in [3.63, 3.8) is 0 Å². The van der Waals surface area contributed by atoms with Crippen molar-refractivity contribution in [2.45, 2.75) is 32.9 Å². The number of piperazine rings is 1. The molecule has 0 bridgehead atoms. The van der Waals surface area contributed by atoms with Gasteiger partial charge in [0.1, 0.15) is 5.69 Å². The highest BCUT2D eigenvalue weighted by Gasteiger charge is 2.25. The predicted octanol–water partition coefficient (Wildman–Crippen LogP) is 1.63. The summed E-state index contributed by atoms with van der Waals surface area (Å²) in [6.45, 7) is 7.59. The van der Waals surface area contributed by atoms with E-state index in [0.717, 1.165) is 18.8 Å². The molecule has 1 fully saturated rings. The Kier molecular flexibility index (Phi) is 5.11. The summed E-state index contributed by atoms with van der Waals surface area (Å²) in [5, 5.41) is 3.41. The second kappa shape index (κ2) is 6.16. The average Bonchev–Trinajstić information content (AvgIpc) is 2.26. The molecule has 1 aliphatic heterocycles. The molecule has 4 nitrogen and oxygen atoms in total. The number of carbonyl (C=O) groups excluding carboxylic acids is 1. The first kappa shape index (κ1) is 14.9. The maximum atomic E-state index is 12.3. The van der Waals surface area contributed by atoms with E-state index in [-0.39, 0.29) is 18.3 Å². The van der Waals surface area contributed by atoms with Gasteiger partial charge in [-0.05, 0) is 32.9 Å². The minimum atomic E-state index is 0. The molecule has 0 radical (unpaired) electrons. The number of pyridine rings is 1. The fourth-order valence-corrected chi connectivity index (χ4v) is 2.32. The minimum absolute atomic E-state index is 0. The molecule has 2 unspecified atom stereocenters. The summed E-state index contributed by atoms with van der Waals surface area (Å²) < 4.78 is 0. The lowest BCUT2D eigenvalue weighted by atomic mass is 10.1. The lowest BCUT2D eigenvalue weighted by molar-refractivity contribution is 0.0667. The van der Waals surface area contributed by atoms with Crippen LogP contribution in [0, 0.1) is 6.92 Å². The standard InChI is InChI=1S/C13H19N3O.ClH/c1-9-5-4-6-12(15-9)13(17)16-7-10(2)14-11(3)8-16;/h4-6,10-11,14H,7-8H2,1-3H3;1H. The molecule has 18 heavy (non-hydrogen) atoms. The van der Waals surface area contributed by atoms with Crippen LogP contribution in [0.4, 0.5) is 0 Å². The van der Waals surface area contributed by atoms with Crippen molar-refractivity contribution in [2.75, 3.05) is 13.1 Å². The fourth-order valence-electron chi connectivity index (χ4n) is 2.32. The van der Waals surface area contributed by atoms with Crippen LogP contribution in [0.2, 0.25) is 0 Å². The maximum Gasteiger partial charge on any atom is 0.272 e. The SMILES string of the molecule is Cc1cccc(C(=O)N2CC(C)NC(C)C2)n1.Cl. The van der Waals surface area contributed by atoms with Gasteiger partial charge in [0.2, 0.25) is 0 Å². The van der Waals surface area contributed by atoms with Crippen molar-refractivity contribution in [1.82, 2.24) is 15.2 Å². The lowest BCUT2D eigenvalue weighted by Gasteiger charge is -2.36. The Morgan fingerprint density at radius 2 is 1.94 bits per heavy atom. The predicted molar refractivity (Wildman–Crippen MR) is 74.2 cm³/mol. The quantitative estimate of drug-likeness (QED) is 0.843. The lowest BCUT2D eigenvalue weighted by Crippen LogP contribution is -2.55. The third-order valence-corrected chi connectivity index (χ3v) is 2.95. The molecule has 1 saturated heterocycles. The first-order valence-corrected chi connectivity index (χ1v) is 6.05. The third kappa shape index (κ3) is 3.43. The Hall–Kier alpha value is -1.13. The summed E-state index contributed by atoms with van der Waals surface area (Å²) in [7, 11) is 0. The van der Waals surface area contributed by atoms with E-state index in [2.05, 4.69) is 24.1 Å². The fraction of sp³-hybridized carbons (Fsp3) is 0.538. The Morgan fingerprint density at radius 3 is 2.50 bits per heavy atom. The van der Waals surface area contributed by atoms with E-state index in [1.165, 1.54) is 0 Å². The van der Waals surface area contributed by atoms with Crippen molar-refractivity contribution in [2.24, 2.45) is 0 Å². The zero-order chi connectivity index (χ0) is 12.4. The Labute approximate surface area is 114 Å².